The van der Waals surface area contributed by atoms with Crippen molar-refractivity contribution in [2.24, 2.45) is 5.16 Å². The molecule has 6 heteroatoms. The van der Waals surface area contributed by atoms with Crippen LogP contribution in [0.4, 0.5) is 5.69 Å². The molecular weight excluding hydrogens is 296 g/mol. The lowest BCUT2D eigenvalue weighted by molar-refractivity contribution is -0.114. The van der Waals surface area contributed by atoms with Crippen LogP contribution in [-0.2, 0) is 4.79 Å². The fourth-order valence-electron chi connectivity index (χ4n) is 2.18. The standard InChI is InChI=1S/C17H18N2O4/c1-11(20)18-13-6-4-12(5-7-13)17(19-21)15-9-8-14(22-2)10-16(15)23-3/h4-10,21H,1-3H3,(H,18,20). The predicted molar refractivity (Wildman–Crippen MR) is 87.7 cm³/mol. The van der Waals surface area contributed by atoms with Gasteiger partial charge >= 0.3 is 0 Å². The maximum atomic E-state index is 11.1. The van der Waals surface area contributed by atoms with Gasteiger partial charge in [0, 0.05) is 29.8 Å². The maximum Gasteiger partial charge on any atom is 0.221 e. The number of carbonyl (C=O) groups is 1. The second-order valence-corrected chi connectivity index (χ2v) is 4.77. The lowest BCUT2D eigenvalue weighted by Gasteiger charge is -2.12. The first-order chi connectivity index (χ1) is 11.1. The van der Waals surface area contributed by atoms with Crippen molar-refractivity contribution >= 4 is 17.3 Å². The molecule has 1 amide bonds. The van der Waals surface area contributed by atoms with Crippen LogP contribution in [0.3, 0.4) is 0 Å². The molecule has 0 aromatic heterocycles. The largest absolute Gasteiger partial charge is 0.497 e. The molecule has 0 aliphatic carbocycles. The summed E-state index contributed by atoms with van der Waals surface area (Å²) in [5.74, 6) is 1.03. The van der Waals surface area contributed by atoms with Gasteiger partial charge in [0.1, 0.15) is 17.2 Å². The van der Waals surface area contributed by atoms with Crippen molar-refractivity contribution in [3.05, 3.63) is 53.6 Å². The molecule has 2 N–H and O–H groups in total. The van der Waals surface area contributed by atoms with Crippen LogP contribution in [-0.4, -0.2) is 31.0 Å². The molecule has 0 atom stereocenters. The van der Waals surface area contributed by atoms with Crippen molar-refractivity contribution in [1.82, 2.24) is 0 Å². The van der Waals surface area contributed by atoms with E-state index in [1.165, 1.54) is 14.0 Å². The van der Waals surface area contributed by atoms with Gasteiger partial charge in [-0.3, -0.25) is 4.79 Å². The van der Waals surface area contributed by atoms with Crippen LogP contribution in [0, 0.1) is 0 Å². The van der Waals surface area contributed by atoms with Gasteiger partial charge in [0.25, 0.3) is 0 Å². The van der Waals surface area contributed by atoms with E-state index in [-0.39, 0.29) is 5.91 Å². The van der Waals surface area contributed by atoms with Crippen LogP contribution in [0.2, 0.25) is 0 Å². The monoisotopic (exact) mass is 314 g/mol. The molecule has 2 aromatic rings. The molecule has 0 saturated heterocycles. The summed E-state index contributed by atoms with van der Waals surface area (Å²) in [6, 6.07) is 12.2. The Morgan fingerprint density at radius 1 is 1.09 bits per heavy atom. The molecule has 0 aliphatic heterocycles. The summed E-state index contributed by atoms with van der Waals surface area (Å²) in [6.45, 7) is 1.44. The smallest absolute Gasteiger partial charge is 0.221 e. The second-order valence-electron chi connectivity index (χ2n) is 4.77. The fraction of sp³-hybridized carbons (Fsp3) is 0.176. The van der Waals surface area contributed by atoms with Gasteiger partial charge in [0.2, 0.25) is 5.91 Å². The van der Waals surface area contributed by atoms with Crippen LogP contribution in [0.5, 0.6) is 11.5 Å². The first kappa shape index (κ1) is 16.4. The number of carbonyl (C=O) groups excluding carboxylic acids is 1. The van der Waals surface area contributed by atoms with Crippen molar-refractivity contribution in [2.45, 2.75) is 6.92 Å². The predicted octanol–water partition coefficient (Wildman–Crippen LogP) is 2.89. The van der Waals surface area contributed by atoms with E-state index < -0.39 is 0 Å². The highest BCUT2D eigenvalue weighted by Gasteiger charge is 2.14. The second kappa shape index (κ2) is 7.31. The van der Waals surface area contributed by atoms with Crippen LogP contribution < -0.4 is 14.8 Å². The number of amides is 1. The Bertz CT molecular complexity index is 724. The molecule has 120 valence electrons. The Morgan fingerprint density at radius 2 is 1.78 bits per heavy atom. The normalized spacial score (nSPS) is 11.0. The van der Waals surface area contributed by atoms with Crippen LogP contribution >= 0.6 is 0 Å². The Balaban J connectivity index is 2.38. The molecule has 23 heavy (non-hydrogen) atoms. The molecule has 0 aliphatic rings. The number of benzene rings is 2. The van der Waals surface area contributed by atoms with Gasteiger partial charge in [0.05, 0.1) is 14.2 Å². The number of nitrogens with zero attached hydrogens (tertiary/aromatic N) is 1. The first-order valence-electron chi connectivity index (χ1n) is 6.91. The molecular formula is C17H18N2O4. The number of methoxy groups -OCH3 is 2. The Hall–Kier alpha value is -3.02. The number of nitrogens with one attached hydrogen (secondary N) is 1. The van der Waals surface area contributed by atoms with Crippen molar-refractivity contribution in [1.29, 1.82) is 0 Å². The maximum absolute atomic E-state index is 11.1. The van der Waals surface area contributed by atoms with E-state index in [4.69, 9.17) is 9.47 Å². The molecule has 2 aromatic carbocycles. The summed E-state index contributed by atoms with van der Waals surface area (Å²) in [7, 11) is 3.10. The lowest BCUT2D eigenvalue weighted by Crippen LogP contribution is -2.08. The van der Waals surface area contributed by atoms with E-state index in [0.717, 1.165) is 0 Å². The van der Waals surface area contributed by atoms with Gasteiger partial charge in [0.15, 0.2) is 0 Å². The molecule has 6 nitrogen and oxygen atoms in total. The molecule has 0 heterocycles. The third-order valence-electron chi connectivity index (χ3n) is 3.24. The third kappa shape index (κ3) is 3.79. The molecule has 0 unspecified atom stereocenters. The van der Waals surface area contributed by atoms with Crippen molar-refractivity contribution in [2.75, 3.05) is 19.5 Å². The molecule has 0 saturated carbocycles. The number of anilines is 1. The summed E-state index contributed by atoms with van der Waals surface area (Å²) >= 11 is 0. The first-order valence-corrected chi connectivity index (χ1v) is 6.91. The highest BCUT2D eigenvalue weighted by Crippen LogP contribution is 2.27. The van der Waals surface area contributed by atoms with Gasteiger partial charge < -0.3 is 20.0 Å². The average Bonchev–Trinajstić information content (AvgIpc) is 2.56. The number of ether oxygens (including phenoxy) is 2. The van der Waals surface area contributed by atoms with Gasteiger partial charge in [-0.25, -0.2) is 0 Å². The summed E-state index contributed by atoms with van der Waals surface area (Å²) in [5, 5.41) is 15.5. The Kier molecular flexibility index (Phi) is 5.19. The highest BCUT2D eigenvalue weighted by atomic mass is 16.5. The average molecular weight is 314 g/mol. The van der Waals surface area contributed by atoms with Crippen molar-refractivity contribution < 1.29 is 19.5 Å². The van der Waals surface area contributed by atoms with Crippen molar-refractivity contribution in [3.63, 3.8) is 0 Å². The lowest BCUT2D eigenvalue weighted by atomic mass is 10.0. The topological polar surface area (TPSA) is 80.2 Å². The van der Waals surface area contributed by atoms with Crippen molar-refractivity contribution in [3.8, 4) is 11.5 Å². The van der Waals surface area contributed by atoms with Crippen LogP contribution in [0.1, 0.15) is 18.1 Å². The molecule has 0 spiro atoms. The quantitative estimate of drug-likeness (QED) is 0.505. The number of oxime groups is 1. The zero-order valence-electron chi connectivity index (χ0n) is 13.2. The summed E-state index contributed by atoms with van der Waals surface area (Å²) in [6.07, 6.45) is 0. The van der Waals surface area contributed by atoms with E-state index in [1.807, 2.05) is 0 Å². The molecule has 0 bridgehead atoms. The minimum Gasteiger partial charge on any atom is -0.497 e. The molecule has 0 radical (unpaired) electrons. The van der Waals surface area contributed by atoms with Crippen LogP contribution in [0.15, 0.2) is 47.6 Å². The van der Waals surface area contributed by atoms with Gasteiger partial charge in [-0.1, -0.05) is 17.3 Å². The summed E-state index contributed by atoms with van der Waals surface area (Å²) < 4.78 is 10.5. The summed E-state index contributed by atoms with van der Waals surface area (Å²) in [4.78, 5) is 11.1. The fourth-order valence-corrected chi connectivity index (χ4v) is 2.18. The summed E-state index contributed by atoms with van der Waals surface area (Å²) in [5.41, 5.74) is 2.34. The zero-order chi connectivity index (χ0) is 16.8. The van der Waals surface area contributed by atoms with Crippen LogP contribution in [0.25, 0.3) is 0 Å². The Labute approximate surface area is 134 Å². The van der Waals surface area contributed by atoms with Gasteiger partial charge in [-0.2, -0.15) is 0 Å². The van der Waals surface area contributed by atoms with Gasteiger partial charge in [-0.05, 0) is 24.3 Å². The van der Waals surface area contributed by atoms with E-state index in [9.17, 15) is 10.0 Å². The molecule has 0 fully saturated rings. The number of rotatable bonds is 5. The SMILES string of the molecule is COc1ccc(C(=NO)c2ccc(NC(C)=O)cc2)c(OC)c1. The minimum absolute atomic E-state index is 0.148. The van der Waals surface area contributed by atoms with E-state index in [0.29, 0.717) is 34.0 Å². The zero-order valence-corrected chi connectivity index (χ0v) is 13.2. The Morgan fingerprint density at radius 3 is 2.30 bits per heavy atom. The van der Waals surface area contributed by atoms with E-state index in [1.54, 1.807) is 49.6 Å². The number of hydrogen-bond acceptors (Lipinski definition) is 5. The van der Waals surface area contributed by atoms with Gasteiger partial charge in [-0.15, -0.1) is 0 Å². The van der Waals surface area contributed by atoms with E-state index in [2.05, 4.69) is 10.5 Å². The minimum atomic E-state index is -0.148. The number of hydrogen-bond donors (Lipinski definition) is 2. The highest BCUT2D eigenvalue weighted by molar-refractivity contribution is 6.14. The van der Waals surface area contributed by atoms with E-state index >= 15 is 0 Å². The molecule has 2 rings (SSSR count). The third-order valence-corrected chi connectivity index (χ3v) is 3.24.